The highest BCUT2D eigenvalue weighted by atomic mass is 35.5. The first-order chi connectivity index (χ1) is 19.3. The van der Waals surface area contributed by atoms with Gasteiger partial charge in [0.25, 0.3) is 0 Å². The monoisotopic (exact) mass is 581 g/mol. The fourth-order valence-electron chi connectivity index (χ4n) is 5.97. The van der Waals surface area contributed by atoms with Crippen molar-refractivity contribution in [1.29, 1.82) is 5.26 Å². The van der Waals surface area contributed by atoms with Crippen molar-refractivity contribution in [2.45, 2.75) is 83.7 Å². The molecule has 1 aromatic heterocycles. The van der Waals surface area contributed by atoms with E-state index in [1.807, 2.05) is 32.2 Å². The van der Waals surface area contributed by atoms with Crippen molar-refractivity contribution < 1.29 is 19.1 Å². The van der Waals surface area contributed by atoms with Gasteiger partial charge >= 0.3 is 6.09 Å². The van der Waals surface area contributed by atoms with Gasteiger partial charge in [-0.2, -0.15) is 5.26 Å². The Morgan fingerprint density at radius 1 is 1.05 bits per heavy atom. The van der Waals surface area contributed by atoms with Crippen LogP contribution in [-0.4, -0.2) is 70.7 Å². The van der Waals surface area contributed by atoms with Gasteiger partial charge in [-0.25, -0.2) is 9.78 Å². The molecule has 220 valence electrons. The minimum absolute atomic E-state index is 0. The zero-order valence-electron chi connectivity index (χ0n) is 24.0. The highest BCUT2D eigenvalue weighted by Crippen LogP contribution is 2.29. The summed E-state index contributed by atoms with van der Waals surface area (Å²) >= 11 is 0. The summed E-state index contributed by atoms with van der Waals surface area (Å²) < 4.78 is 11.5. The summed E-state index contributed by atoms with van der Waals surface area (Å²) in [4.78, 5) is 33.3. The second kappa shape index (κ2) is 13.5. The van der Waals surface area contributed by atoms with E-state index in [9.17, 15) is 14.9 Å². The van der Waals surface area contributed by atoms with Crippen molar-refractivity contribution in [3.63, 3.8) is 0 Å². The number of halogens is 1. The first kappa shape index (κ1) is 30.6. The van der Waals surface area contributed by atoms with Gasteiger partial charge in [-0.3, -0.25) is 4.79 Å². The summed E-state index contributed by atoms with van der Waals surface area (Å²) in [7, 11) is 0. The van der Waals surface area contributed by atoms with Crippen LogP contribution in [0.1, 0.15) is 57.6 Å². The third-order valence-electron chi connectivity index (χ3n) is 8.33. The third-order valence-corrected chi connectivity index (χ3v) is 8.33. The molecule has 2 saturated heterocycles. The lowest BCUT2D eigenvalue weighted by Crippen LogP contribution is -2.50. The summed E-state index contributed by atoms with van der Waals surface area (Å²) in [6, 6.07) is 12.0. The van der Waals surface area contributed by atoms with Gasteiger partial charge in [0.15, 0.2) is 0 Å². The molecule has 10 heteroatoms. The van der Waals surface area contributed by atoms with Gasteiger partial charge in [0, 0.05) is 44.0 Å². The summed E-state index contributed by atoms with van der Waals surface area (Å²) in [5.41, 5.74) is 4.42. The maximum atomic E-state index is 13.0. The second-order valence-electron chi connectivity index (χ2n) is 11.4. The van der Waals surface area contributed by atoms with Crippen LogP contribution >= 0.6 is 12.4 Å². The van der Waals surface area contributed by atoms with Crippen LogP contribution in [0.15, 0.2) is 36.5 Å². The molecule has 0 saturated carbocycles. The van der Waals surface area contributed by atoms with Crippen LogP contribution in [0.25, 0.3) is 11.1 Å². The molecule has 0 radical (unpaired) electrons. The number of carbonyl (C=O) groups is 2. The summed E-state index contributed by atoms with van der Waals surface area (Å²) in [5, 5.41) is 12.7. The minimum Gasteiger partial charge on any atom is -0.474 e. The molecule has 2 aromatic rings. The number of pyridine rings is 1. The molecule has 2 unspecified atom stereocenters. The molecular weight excluding hydrogens is 542 g/mol. The molecule has 0 bridgehead atoms. The average molecular weight is 582 g/mol. The maximum Gasteiger partial charge on any atom is 0.410 e. The fraction of sp³-hybridized carbons (Fsp3) is 0.548. The summed E-state index contributed by atoms with van der Waals surface area (Å²) in [6.45, 7) is 8.44. The lowest BCUT2D eigenvalue weighted by molar-refractivity contribution is -0.133. The number of nitrogens with zero attached hydrogens (tertiary/aromatic N) is 4. The number of nitrogens with one attached hydrogen (secondary N) is 1. The first-order valence-corrected chi connectivity index (χ1v) is 14.5. The number of ether oxygens (including phenoxy) is 2. The smallest absolute Gasteiger partial charge is 0.410 e. The Balaban J connectivity index is 0.00000387. The van der Waals surface area contributed by atoms with E-state index in [0.717, 1.165) is 36.8 Å². The number of piperidine rings is 1. The van der Waals surface area contributed by atoms with Crippen LogP contribution in [0, 0.1) is 17.2 Å². The predicted octanol–water partition coefficient (Wildman–Crippen LogP) is 4.72. The molecule has 1 N–H and O–H groups in total. The van der Waals surface area contributed by atoms with E-state index in [1.165, 1.54) is 11.1 Å². The third kappa shape index (κ3) is 7.11. The lowest BCUT2D eigenvalue weighted by Gasteiger charge is -2.34. The Kier molecular flexibility index (Phi) is 10.1. The van der Waals surface area contributed by atoms with Crippen molar-refractivity contribution in [2.75, 3.05) is 19.6 Å². The molecular formula is C31H40ClN5O4. The van der Waals surface area contributed by atoms with Gasteiger partial charge in [-0.15, -0.1) is 12.4 Å². The van der Waals surface area contributed by atoms with Crippen LogP contribution in [0.2, 0.25) is 0 Å². The van der Waals surface area contributed by atoms with Gasteiger partial charge in [-0.1, -0.05) is 12.1 Å². The molecule has 4 heterocycles. The van der Waals surface area contributed by atoms with Crippen molar-refractivity contribution >= 4 is 24.4 Å². The lowest BCUT2D eigenvalue weighted by atomic mass is 9.92. The normalized spacial score (nSPS) is 21.4. The first-order valence-electron chi connectivity index (χ1n) is 14.5. The van der Waals surface area contributed by atoms with E-state index >= 15 is 0 Å². The number of rotatable bonds is 6. The molecule has 9 nitrogen and oxygen atoms in total. The van der Waals surface area contributed by atoms with Crippen molar-refractivity contribution in [3.05, 3.63) is 47.7 Å². The molecule has 2 amide bonds. The molecule has 3 atom stereocenters. The number of carbonyl (C=O) groups excluding carboxylic acids is 2. The van der Waals surface area contributed by atoms with E-state index in [-0.39, 0.29) is 48.7 Å². The van der Waals surface area contributed by atoms with E-state index < -0.39 is 0 Å². The molecule has 3 aliphatic heterocycles. The summed E-state index contributed by atoms with van der Waals surface area (Å²) in [6.07, 6.45) is 5.53. The predicted molar refractivity (Wildman–Crippen MR) is 158 cm³/mol. The van der Waals surface area contributed by atoms with Gasteiger partial charge < -0.3 is 24.6 Å². The Hall–Kier alpha value is -3.35. The largest absolute Gasteiger partial charge is 0.474 e. The molecule has 5 rings (SSSR count). The maximum absolute atomic E-state index is 13.0. The Morgan fingerprint density at radius 2 is 1.80 bits per heavy atom. The van der Waals surface area contributed by atoms with E-state index in [0.29, 0.717) is 44.4 Å². The van der Waals surface area contributed by atoms with E-state index in [2.05, 4.69) is 41.5 Å². The Bertz CT molecular complexity index is 1260. The van der Waals surface area contributed by atoms with Crippen LogP contribution in [-0.2, 0) is 22.5 Å². The zero-order valence-corrected chi connectivity index (χ0v) is 24.9. The van der Waals surface area contributed by atoms with Crippen LogP contribution < -0.4 is 10.1 Å². The SMILES string of the molecule is CC(C)OC(=O)N1CCC([C@@H](C)Oc2ccc(-c3ccc4c(c3)CNC(C(=O)N3CCCC3C#N)C4)cn2)CC1.Cl. The summed E-state index contributed by atoms with van der Waals surface area (Å²) in [5.74, 6) is 0.980. The van der Waals surface area contributed by atoms with Crippen molar-refractivity contribution in [2.24, 2.45) is 5.92 Å². The molecule has 1 aromatic carbocycles. The number of hydrogen-bond donors (Lipinski definition) is 1. The number of fused-ring (bicyclic) bond motifs is 1. The molecule has 41 heavy (non-hydrogen) atoms. The molecule has 3 aliphatic rings. The zero-order chi connectivity index (χ0) is 28.2. The van der Waals surface area contributed by atoms with Crippen LogP contribution in [0.4, 0.5) is 4.79 Å². The number of nitriles is 1. The minimum atomic E-state index is -0.297. The van der Waals surface area contributed by atoms with E-state index in [1.54, 1.807) is 9.80 Å². The van der Waals surface area contributed by atoms with Gasteiger partial charge in [0.2, 0.25) is 11.8 Å². The van der Waals surface area contributed by atoms with Gasteiger partial charge in [0.05, 0.1) is 18.2 Å². The number of benzene rings is 1. The Morgan fingerprint density at radius 3 is 2.49 bits per heavy atom. The topological polar surface area (TPSA) is 108 Å². The highest BCUT2D eigenvalue weighted by Gasteiger charge is 2.34. The number of aromatic nitrogens is 1. The van der Waals surface area contributed by atoms with Gasteiger partial charge in [-0.05, 0) is 87.6 Å². The Labute approximate surface area is 248 Å². The second-order valence-corrected chi connectivity index (χ2v) is 11.4. The highest BCUT2D eigenvalue weighted by molar-refractivity contribution is 5.85. The van der Waals surface area contributed by atoms with E-state index in [4.69, 9.17) is 9.47 Å². The van der Waals surface area contributed by atoms with Crippen LogP contribution in [0.5, 0.6) is 5.88 Å². The number of likely N-dealkylation sites (tertiary alicyclic amines) is 2. The molecule has 2 fully saturated rings. The van der Waals surface area contributed by atoms with Crippen molar-refractivity contribution in [3.8, 4) is 23.1 Å². The molecule has 0 spiro atoms. The number of amides is 2. The average Bonchev–Trinajstić information content (AvgIpc) is 3.45. The van der Waals surface area contributed by atoms with Gasteiger partial charge in [0.1, 0.15) is 12.1 Å². The quantitative estimate of drug-likeness (QED) is 0.526. The standard InChI is InChI=1S/C31H39N5O4.ClH/c1-20(2)39-31(38)35-13-10-22(11-14-35)21(3)40-29-9-8-25(18-34-29)23-6-7-24-16-28(33-19-26(24)15-23)30(37)36-12-4-5-27(36)17-32;/h6-9,15,18,20-22,27-28,33H,4-5,10-14,16,19H2,1-3H3;1H/t21-,27?,28?;/m1./s1. The fourth-order valence-corrected chi connectivity index (χ4v) is 5.97. The van der Waals surface area contributed by atoms with Crippen LogP contribution in [0.3, 0.4) is 0 Å². The molecule has 0 aliphatic carbocycles. The number of hydrogen-bond acceptors (Lipinski definition) is 7. The van der Waals surface area contributed by atoms with Crippen molar-refractivity contribution in [1.82, 2.24) is 20.1 Å².